The van der Waals surface area contributed by atoms with E-state index in [2.05, 4.69) is 45.0 Å². The molecule has 0 N–H and O–H groups in total. The lowest BCUT2D eigenvalue weighted by Gasteiger charge is -2.47. The number of rotatable bonds is 17. The van der Waals surface area contributed by atoms with E-state index in [9.17, 15) is 14.4 Å². The second kappa shape index (κ2) is 19.9. The molecule has 12 heteroatoms. The van der Waals surface area contributed by atoms with Gasteiger partial charge in [-0.05, 0) is 59.1 Å². The zero-order chi connectivity index (χ0) is 40.3. The molecule has 1 aliphatic heterocycles. The van der Waals surface area contributed by atoms with Crippen molar-refractivity contribution in [1.29, 1.82) is 0 Å². The maximum Gasteiger partial charge on any atom is 0.321 e. The summed E-state index contributed by atoms with van der Waals surface area (Å²) in [5, 5.41) is 1.77. The number of methoxy groups -OCH3 is 1. The van der Waals surface area contributed by atoms with Gasteiger partial charge >= 0.3 is 11.9 Å². The van der Waals surface area contributed by atoms with Gasteiger partial charge in [0.2, 0.25) is 0 Å². The lowest BCUT2D eigenvalue weighted by molar-refractivity contribution is -0.240. The fourth-order valence-corrected chi connectivity index (χ4v) is 12.6. The number of ketones is 1. The highest BCUT2D eigenvalue weighted by Gasteiger charge is 2.55. The summed E-state index contributed by atoms with van der Waals surface area (Å²) in [6.07, 6.45) is -4.26. The van der Waals surface area contributed by atoms with Crippen LogP contribution in [0, 0.1) is 6.92 Å². The maximum atomic E-state index is 13.6. The summed E-state index contributed by atoms with van der Waals surface area (Å²) in [4.78, 5) is 39.4. The highest BCUT2D eigenvalue weighted by molar-refractivity contribution is 7.99. The molecule has 5 rings (SSSR count). The van der Waals surface area contributed by atoms with Crippen LogP contribution in [0.1, 0.15) is 51.7 Å². The van der Waals surface area contributed by atoms with E-state index in [0.29, 0.717) is 5.75 Å². The number of thioether (sulfide) groups is 1. The minimum atomic E-state index is -3.11. The Bertz CT molecular complexity index is 1830. The molecule has 1 heterocycles. The molecule has 9 nitrogen and oxygen atoms in total. The van der Waals surface area contributed by atoms with E-state index < -0.39 is 56.0 Å². The number of aryl methyl sites for hydroxylation is 1. The highest BCUT2D eigenvalue weighted by atomic mass is 35.5. The third kappa shape index (κ3) is 10.9. The molecule has 4 aromatic carbocycles. The molecule has 298 valence electrons. The summed E-state index contributed by atoms with van der Waals surface area (Å²) in [5.74, 6) is -1.18. The molecule has 0 bridgehead atoms. The van der Waals surface area contributed by atoms with Crippen molar-refractivity contribution in [3.8, 4) is 5.75 Å². The average molecular weight is 819 g/mol. The standard InChI is InChI=1S/C44H51ClO9SSi/c1-30-17-24-34(25-18-30)55-43-42(54-39(48)27-45)41(50-28-32-20-22-33(49-6)23-21-32)40(53-38(47)26-19-31(2)46)37(52-43)29-51-56(44(3,4)5,35-13-9-7-10-14-35)36-15-11-8-12-16-36/h7-18,20-25,37,40-43H,19,26-29H2,1-6H3/t37-,40+,41+,42-,43+/m1/s1. The van der Waals surface area contributed by atoms with E-state index in [0.717, 1.165) is 26.4 Å². The van der Waals surface area contributed by atoms with E-state index in [4.69, 9.17) is 39.7 Å². The Morgan fingerprint density at radius 2 is 1.36 bits per heavy atom. The van der Waals surface area contributed by atoms with Gasteiger partial charge in [-0.25, -0.2) is 0 Å². The number of hydrogen-bond donors (Lipinski definition) is 0. The van der Waals surface area contributed by atoms with Crippen molar-refractivity contribution in [3.63, 3.8) is 0 Å². The van der Waals surface area contributed by atoms with Gasteiger partial charge in [0.1, 0.15) is 35.1 Å². The van der Waals surface area contributed by atoms with Crippen LogP contribution < -0.4 is 15.1 Å². The van der Waals surface area contributed by atoms with Gasteiger partial charge in [0.15, 0.2) is 12.2 Å². The first kappa shape index (κ1) is 43.2. The number of hydrogen-bond acceptors (Lipinski definition) is 10. The molecule has 1 fully saturated rings. The molecule has 1 aliphatic rings. The second-order valence-electron chi connectivity index (χ2n) is 14.8. The van der Waals surface area contributed by atoms with Gasteiger partial charge < -0.3 is 32.9 Å². The minimum absolute atomic E-state index is 0.00145. The van der Waals surface area contributed by atoms with Crippen molar-refractivity contribution < 1.29 is 42.5 Å². The molecule has 1 saturated heterocycles. The molecule has 0 amide bonds. The number of carbonyl (C=O) groups is 3. The SMILES string of the molecule is COc1ccc(CO[C@H]2[C@@H](OC(=O)CCC(C)=O)[C@@H](CO[Si](c3ccccc3)(c3ccccc3)C(C)(C)C)O[C@@H](Sc3ccc(C)cc3)[C@@H]2OC(=O)CCl)cc1. The average Bonchev–Trinajstić information content (AvgIpc) is 3.19. The summed E-state index contributed by atoms with van der Waals surface area (Å²) in [6, 6.07) is 35.7. The van der Waals surface area contributed by atoms with Crippen molar-refractivity contribution in [3.05, 3.63) is 120 Å². The van der Waals surface area contributed by atoms with Crippen molar-refractivity contribution in [2.24, 2.45) is 0 Å². The highest BCUT2D eigenvalue weighted by Crippen LogP contribution is 2.41. The van der Waals surface area contributed by atoms with Gasteiger partial charge in [-0.3, -0.25) is 9.59 Å². The van der Waals surface area contributed by atoms with E-state index in [1.165, 1.54) is 18.7 Å². The van der Waals surface area contributed by atoms with Gasteiger partial charge in [-0.2, -0.15) is 0 Å². The van der Waals surface area contributed by atoms with E-state index >= 15 is 0 Å². The first-order chi connectivity index (χ1) is 26.8. The molecule has 56 heavy (non-hydrogen) atoms. The molecule has 0 saturated carbocycles. The van der Waals surface area contributed by atoms with E-state index in [1.807, 2.05) is 91.9 Å². The third-order valence-corrected chi connectivity index (χ3v) is 16.1. The molecule has 4 aromatic rings. The van der Waals surface area contributed by atoms with Crippen LogP contribution in [0.5, 0.6) is 5.75 Å². The Labute approximate surface area is 340 Å². The van der Waals surface area contributed by atoms with Gasteiger partial charge in [0.25, 0.3) is 8.32 Å². The Kier molecular flexibility index (Phi) is 15.4. The molecule has 0 radical (unpaired) electrons. The Balaban J connectivity index is 1.62. The molecule has 0 spiro atoms. The third-order valence-electron chi connectivity index (χ3n) is 9.67. The van der Waals surface area contributed by atoms with Crippen molar-refractivity contribution >= 4 is 59.8 Å². The van der Waals surface area contributed by atoms with Crippen LogP contribution >= 0.6 is 23.4 Å². The second-order valence-corrected chi connectivity index (χ2v) is 20.6. The maximum absolute atomic E-state index is 13.6. The van der Waals surface area contributed by atoms with Crippen LogP contribution in [0.4, 0.5) is 0 Å². The number of alkyl halides is 1. The smallest absolute Gasteiger partial charge is 0.321 e. The van der Waals surface area contributed by atoms with Crippen molar-refractivity contribution in [2.45, 2.75) is 93.9 Å². The predicted octanol–water partition coefficient (Wildman–Crippen LogP) is 7.41. The van der Waals surface area contributed by atoms with Crippen LogP contribution in [-0.2, 0) is 44.4 Å². The first-order valence-corrected chi connectivity index (χ1v) is 22.0. The zero-order valence-corrected chi connectivity index (χ0v) is 35.3. The quantitative estimate of drug-likeness (QED) is 0.0608. The number of esters is 2. The zero-order valence-electron chi connectivity index (χ0n) is 32.8. The van der Waals surface area contributed by atoms with E-state index in [-0.39, 0.29) is 36.9 Å². The molecular weight excluding hydrogens is 768 g/mol. The van der Waals surface area contributed by atoms with E-state index in [1.54, 1.807) is 7.11 Å². The topological polar surface area (TPSA) is 107 Å². The number of ether oxygens (including phenoxy) is 5. The fraction of sp³-hybridized carbons (Fsp3) is 0.386. The van der Waals surface area contributed by atoms with Crippen LogP contribution in [0.3, 0.4) is 0 Å². The summed E-state index contributed by atoms with van der Waals surface area (Å²) >= 11 is 7.38. The number of halogens is 1. The molecule has 0 unspecified atom stereocenters. The normalized spacial score (nSPS) is 19.9. The fourth-order valence-electron chi connectivity index (χ4n) is 6.87. The van der Waals surface area contributed by atoms with Gasteiger partial charge in [0, 0.05) is 11.3 Å². The Morgan fingerprint density at radius 3 is 1.89 bits per heavy atom. The van der Waals surface area contributed by atoms with Crippen LogP contribution in [-0.4, -0.2) is 75.5 Å². The molecule has 0 aliphatic carbocycles. The van der Waals surface area contributed by atoms with Crippen molar-refractivity contribution in [1.82, 2.24) is 0 Å². The van der Waals surface area contributed by atoms with Crippen molar-refractivity contribution in [2.75, 3.05) is 19.6 Å². The summed E-state index contributed by atoms with van der Waals surface area (Å²) in [5.41, 5.74) is 1.06. The van der Waals surface area contributed by atoms with Gasteiger partial charge in [0.05, 0.1) is 26.7 Å². The first-order valence-electron chi connectivity index (χ1n) is 18.7. The summed E-state index contributed by atoms with van der Waals surface area (Å²) < 4.78 is 38.6. The van der Waals surface area contributed by atoms with Crippen LogP contribution in [0.15, 0.2) is 114 Å². The number of benzene rings is 4. The monoisotopic (exact) mass is 818 g/mol. The minimum Gasteiger partial charge on any atom is -0.497 e. The Morgan fingerprint density at radius 1 is 0.768 bits per heavy atom. The lowest BCUT2D eigenvalue weighted by Crippen LogP contribution is -2.68. The largest absolute Gasteiger partial charge is 0.497 e. The molecular formula is C44H51ClO9SSi. The van der Waals surface area contributed by atoms with Crippen LogP contribution in [0.25, 0.3) is 0 Å². The Hall–Kier alpha value is -3.97. The number of Topliss-reactive ketones (excluding diaryl/α,β-unsaturated/α-hetero) is 1. The molecule has 5 atom stereocenters. The molecule has 0 aromatic heterocycles. The van der Waals surface area contributed by atoms with Crippen LogP contribution in [0.2, 0.25) is 5.04 Å². The predicted molar refractivity (Wildman–Crippen MR) is 221 cm³/mol. The van der Waals surface area contributed by atoms with Gasteiger partial charge in [-0.15, -0.1) is 11.6 Å². The summed E-state index contributed by atoms with van der Waals surface area (Å²) in [6.45, 7) is 10.0. The van der Waals surface area contributed by atoms with Gasteiger partial charge in [-0.1, -0.05) is 123 Å². The number of carbonyl (C=O) groups excluding carboxylic acids is 3. The lowest BCUT2D eigenvalue weighted by atomic mass is 9.99. The summed E-state index contributed by atoms with van der Waals surface area (Å²) in [7, 11) is -1.52.